The predicted octanol–water partition coefficient (Wildman–Crippen LogP) is 2.50. The van der Waals surface area contributed by atoms with E-state index in [1.165, 1.54) is 6.42 Å². The maximum Gasteiger partial charge on any atom is 0.0242 e. The van der Waals surface area contributed by atoms with E-state index < -0.39 is 0 Å². The Bertz CT molecular complexity index is 254. The zero-order chi connectivity index (χ0) is 12.8. The molecule has 1 aliphatic heterocycles. The van der Waals surface area contributed by atoms with E-state index in [4.69, 9.17) is 6.42 Å². The summed E-state index contributed by atoms with van der Waals surface area (Å²) in [4.78, 5) is 2.65. The number of nitrogens with zero attached hydrogens (tertiary/aromatic N) is 1. The third-order valence-electron chi connectivity index (χ3n) is 4.06. The highest BCUT2D eigenvalue weighted by Gasteiger charge is 2.31. The van der Waals surface area contributed by atoms with Crippen molar-refractivity contribution >= 4 is 0 Å². The highest BCUT2D eigenvalue weighted by atomic mass is 15.3. The van der Waals surface area contributed by atoms with Crippen LogP contribution >= 0.6 is 0 Å². The van der Waals surface area contributed by atoms with E-state index in [9.17, 15) is 0 Å². The minimum Gasteiger partial charge on any atom is -0.311 e. The molecule has 0 aliphatic carbocycles. The molecule has 0 bridgehead atoms. The van der Waals surface area contributed by atoms with Crippen molar-refractivity contribution in [2.24, 2.45) is 5.92 Å². The van der Waals surface area contributed by atoms with Gasteiger partial charge in [-0.2, -0.15) is 0 Å². The van der Waals surface area contributed by atoms with Crippen molar-refractivity contribution in [3.8, 4) is 12.3 Å². The highest BCUT2D eigenvalue weighted by molar-refractivity contribution is 4.95. The van der Waals surface area contributed by atoms with Gasteiger partial charge in [0.1, 0.15) is 0 Å². The molecule has 0 spiro atoms. The van der Waals surface area contributed by atoms with Gasteiger partial charge >= 0.3 is 0 Å². The third kappa shape index (κ3) is 3.72. The van der Waals surface area contributed by atoms with Crippen molar-refractivity contribution in [2.75, 3.05) is 13.1 Å². The summed E-state index contributed by atoms with van der Waals surface area (Å²) in [6, 6.07) is 1.83. The van der Waals surface area contributed by atoms with E-state index in [0.29, 0.717) is 24.0 Å². The molecule has 0 amide bonds. The Kier molecular flexibility index (Phi) is 6.02. The molecule has 0 aromatic rings. The normalized spacial score (nSPS) is 28.0. The molecule has 1 rings (SSSR count). The van der Waals surface area contributed by atoms with Crippen molar-refractivity contribution < 1.29 is 0 Å². The summed E-state index contributed by atoms with van der Waals surface area (Å²) in [5.41, 5.74) is 0. The molecular weight excluding hydrogens is 208 g/mol. The van der Waals surface area contributed by atoms with Crippen LogP contribution in [0.25, 0.3) is 0 Å². The molecule has 1 fully saturated rings. The van der Waals surface area contributed by atoms with Crippen LogP contribution in [-0.2, 0) is 0 Å². The summed E-state index contributed by atoms with van der Waals surface area (Å²) in [7, 11) is 0. The van der Waals surface area contributed by atoms with E-state index in [1.807, 2.05) is 0 Å². The van der Waals surface area contributed by atoms with Crippen LogP contribution in [0, 0.1) is 18.3 Å². The van der Waals surface area contributed by atoms with E-state index in [1.54, 1.807) is 0 Å². The summed E-state index contributed by atoms with van der Waals surface area (Å²) in [5, 5.41) is 3.68. The number of piperazine rings is 1. The zero-order valence-corrected chi connectivity index (χ0v) is 11.9. The summed E-state index contributed by atoms with van der Waals surface area (Å²) >= 11 is 0. The summed E-state index contributed by atoms with van der Waals surface area (Å²) in [6.07, 6.45) is 8.75. The van der Waals surface area contributed by atoms with Crippen LogP contribution in [0.3, 0.4) is 0 Å². The fourth-order valence-electron chi connectivity index (χ4n) is 2.75. The van der Waals surface area contributed by atoms with Gasteiger partial charge in [-0.3, -0.25) is 4.90 Å². The Morgan fingerprint density at radius 3 is 2.59 bits per heavy atom. The summed E-state index contributed by atoms with van der Waals surface area (Å²) < 4.78 is 0. The van der Waals surface area contributed by atoms with Crippen LogP contribution in [0.4, 0.5) is 0 Å². The maximum absolute atomic E-state index is 5.50. The van der Waals surface area contributed by atoms with Gasteiger partial charge < -0.3 is 5.32 Å². The number of hydrogen-bond acceptors (Lipinski definition) is 2. The van der Waals surface area contributed by atoms with E-state index in [2.05, 4.69) is 43.8 Å². The maximum atomic E-state index is 5.50. The number of hydrogen-bond donors (Lipinski definition) is 1. The lowest BCUT2D eigenvalue weighted by molar-refractivity contribution is 0.0666. The quantitative estimate of drug-likeness (QED) is 0.738. The first kappa shape index (κ1) is 14.5. The van der Waals surface area contributed by atoms with Crippen molar-refractivity contribution in [1.82, 2.24) is 10.2 Å². The lowest BCUT2D eigenvalue weighted by atomic mass is 9.95. The molecule has 0 aromatic carbocycles. The Morgan fingerprint density at radius 2 is 2.12 bits per heavy atom. The summed E-state index contributed by atoms with van der Waals surface area (Å²) in [6.45, 7) is 11.4. The van der Waals surface area contributed by atoms with Crippen molar-refractivity contribution in [3.05, 3.63) is 0 Å². The first-order valence-corrected chi connectivity index (χ1v) is 7.06. The van der Waals surface area contributed by atoms with Crippen LogP contribution in [0.2, 0.25) is 0 Å². The topological polar surface area (TPSA) is 15.3 Å². The Morgan fingerprint density at radius 1 is 1.41 bits per heavy atom. The number of nitrogens with one attached hydrogen (secondary N) is 1. The fraction of sp³-hybridized carbons (Fsp3) is 0.867. The van der Waals surface area contributed by atoms with E-state index in [0.717, 1.165) is 25.9 Å². The van der Waals surface area contributed by atoms with Crippen LogP contribution in [0.5, 0.6) is 0 Å². The SMILES string of the molecule is C#CCC(CC)N1CC(C(C)C)NCC1CC. The average Bonchev–Trinajstić information content (AvgIpc) is 2.35. The molecule has 3 unspecified atom stereocenters. The molecule has 0 radical (unpaired) electrons. The fourth-order valence-corrected chi connectivity index (χ4v) is 2.75. The number of rotatable bonds is 5. The van der Waals surface area contributed by atoms with Gasteiger partial charge in [-0.25, -0.2) is 0 Å². The van der Waals surface area contributed by atoms with Gasteiger partial charge in [0.2, 0.25) is 0 Å². The molecule has 17 heavy (non-hydrogen) atoms. The number of terminal acetylenes is 1. The van der Waals surface area contributed by atoms with E-state index in [-0.39, 0.29) is 0 Å². The van der Waals surface area contributed by atoms with Crippen molar-refractivity contribution in [3.63, 3.8) is 0 Å². The lowest BCUT2D eigenvalue weighted by Gasteiger charge is -2.45. The highest BCUT2D eigenvalue weighted by Crippen LogP contribution is 2.20. The molecule has 3 atom stereocenters. The van der Waals surface area contributed by atoms with Gasteiger partial charge in [0.25, 0.3) is 0 Å². The molecule has 98 valence electrons. The van der Waals surface area contributed by atoms with Gasteiger partial charge in [-0.15, -0.1) is 12.3 Å². The van der Waals surface area contributed by atoms with Crippen LogP contribution in [0.1, 0.15) is 47.0 Å². The third-order valence-corrected chi connectivity index (χ3v) is 4.06. The van der Waals surface area contributed by atoms with Gasteiger partial charge in [0.05, 0.1) is 0 Å². The minimum atomic E-state index is 0.563. The predicted molar refractivity (Wildman–Crippen MR) is 74.9 cm³/mol. The van der Waals surface area contributed by atoms with Gasteiger partial charge in [0.15, 0.2) is 0 Å². The molecule has 1 aliphatic rings. The molecule has 1 N–H and O–H groups in total. The van der Waals surface area contributed by atoms with Gasteiger partial charge in [-0.05, 0) is 18.8 Å². The molecule has 1 saturated heterocycles. The van der Waals surface area contributed by atoms with Crippen LogP contribution in [0.15, 0.2) is 0 Å². The molecule has 1 heterocycles. The van der Waals surface area contributed by atoms with Gasteiger partial charge in [0, 0.05) is 37.6 Å². The zero-order valence-electron chi connectivity index (χ0n) is 11.9. The second-order valence-corrected chi connectivity index (χ2v) is 5.49. The second kappa shape index (κ2) is 7.03. The first-order chi connectivity index (χ1) is 8.13. The standard InChI is InChI=1S/C15H28N2/c1-6-9-13(7-2)17-11-15(12(4)5)16-10-14(17)8-3/h1,12-16H,7-11H2,2-5H3. The first-order valence-electron chi connectivity index (χ1n) is 7.06. The molecular formula is C15H28N2. The van der Waals surface area contributed by atoms with Crippen molar-refractivity contribution in [2.45, 2.75) is 65.1 Å². The lowest BCUT2D eigenvalue weighted by Crippen LogP contribution is -2.60. The molecule has 0 aromatic heterocycles. The van der Waals surface area contributed by atoms with E-state index >= 15 is 0 Å². The smallest absolute Gasteiger partial charge is 0.0242 e. The van der Waals surface area contributed by atoms with Crippen molar-refractivity contribution in [1.29, 1.82) is 0 Å². The minimum absolute atomic E-state index is 0.563. The Hall–Kier alpha value is -0.520. The second-order valence-electron chi connectivity index (χ2n) is 5.49. The average molecular weight is 236 g/mol. The molecule has 0 saturated carbocycles. The van der Waals surface area contributed by atoms with Crippen LogP contribution < -0.4 is 5.32 Å². The Balaban J connectivity index is 2.71. The largest absolute Gasteiger partial charge is 0.311 e. The monoisotopic (exact) mass is 236 g/mol. The van der Waals surface area contributed by atoms with Crippen LogP contribution in [-0.4, -0.2) is 36.1 Å². The molecule has 2 heteroatoms. The molecule has 2 nitrogen and oxygen atoms in total. The summed E-state index contributed by atoms with van der Waals surface area (Å²) in [5.74, 6) is 3.54. The Labute approximate surface area is 107 Å². The van der Waals surface area contributed by atoms with Gasteiger partial charge in [-0.1, -0.05) is 27.7 Å².